The Labute approximate surface area is 176 Å². The van der Waals surface area contributed by atoms with Gasteiger partial charge in [-0.05, 0) is 42.2 Å². The quantitative estimate of drug-likeness (QED) is 0.414. The SMILES string of the molecule is COc1cc(OCc2ccccc2)ccc1C1CCc2ccc(OC(C)=O)cc2O1. The summed E-state index contributed by atoms with van der Waals surface area (Å²) in [6.07, 6.45) is 1.55. The minimum Gasteiger partial charge on any atom is -0.496 e. The number of carbonyl (C=O) groups is 1. The van der Waals surface area contributed by atoms with E-state index in [0.29, 0.717) is 12.4 Å². The Balaban J connectivity index is 1.50. The summed E-state index contributed by atoms with van der Waals surface area (Å²) >= 11 is 0. The summed E-state index contributed by atoms with van der Waals surface area (Å²) in [7, 11) is 1.65. The molecule has 30 heavy (non-hydrogen) atoms. The standard InChI is InChI=1S/C25H24O5/c1-17(26)29-21-10-8-19-9-13-23(30-24(19)15-21)22-12-11-20(14-25(22)27-2)28-16-18-6-4-3-5-7-18/h3-8,10-12,14-15,23H,9,13,16H2,1-2H3. The number of fused-ring (bicyclic) bond motifs is 1. The molecule has 0 radical (unpaired) electrons. The lowest BCUT2D eigenvalue weighted by atomic mass is 9.96. The minimum absolute atomic E-state index is 0.150. The lowest BCUT2D eigenvalue weighted by Crippen LogP contribution is -2.16. The number of ether oxygens (including phenoxy) is 4. The molecule has 1 aliphatic heterocycles. The van der Waals surface area contributed by atoms with Gasteiger partial charge in [-0.2, -0.15) is 0 Å². The predicted octanol–water partition coefficient (Wildman–Crippen LogP) is 5.27. The highest BCUT2D eigenvalue weighted by molar-refractivity contribution is 5.69. The summed E-state index contributed by atoms with van der Waals surface area (Å²) in [5.41, 5.74) is 3.17. The Bertz CT molecular complexity index is 1030. The summed E-state index contributed by atoms with van der Waals surface area (Å²) in [5.74, 6) is 2.34. The first kappa shape index (κ1) is 19.8. The molecule has 0 spiro atoms. The van der Waals surface area contributed by atoms with Crippen molar-refractivity contribution in [2.45, 2.75) is 32.5 Å². The maximum atomic E-state index is 11.2. The molecule has 3 aromatic rings. The van der Waals surface area contributed by atoms with Crippen molar-refractivity contribution in [1.82, 2.24) is 0 Å². The molecular formula is C25H24O5. The summed E-state index contributed by atoms with van der Waals surface area (Å²) in [6.45, 7) is 1.88. The zero-order valence-corrected chi connectivity index (χ0v) is 17.1. The lowest BCUT2D eigenvalue weighted by Gasteiger charge is -2.28. The van der Waals surface area contributed by atoms with Crippen molar-refractivity contribution in [3.63, 3.8) is 0 Å². The van der Waals surface area contributed by atoms with Gasteiger partial charge in [-0.1, -0.05) is 36.4 Å². The van der Waals surface area contributed by atoms with Gasteiger partial charge >= 0.3 is 5.97 Å². The van der Waals surface area contributed by atoms with Crippen molar-refractivity contribution < 1.29 is 23.7 Å². The largest absolute Gasteiger partial charge is 0.496 e. The predicted molar refractivity (Wildman–Crippen MR) is 113 cm³/mol. The van der Waals surface area contributed by atoms with Crippen molar-refractivity contribution >= 4 is 5.97 Å². The van der Waals surface area contributed by atoms with Crippen molar-refractivity contribution in [3.8, 4) is 23.0 Å². The maximum Gasteiger partial charge on any atom is 0.308 e. The van der Waals surface area contributed by atoms with E-state index in [2.05, 4.69) is 0 Å². The van der Waals surface area contributed by atoms with E-state index < -0.39 is 0 Å². The number of hydrogen-bond donors (Lipinski definition) is 0. The molecule has 1 heterocycles. The van der Waals surface area contributed by atoms with E-state index in [9.17, 15) is 4.79 Å². The van der Waals surface area contributed by atoms with Gasteiger partial charge < -0.3 is 18.9 Å². The molecule has 1 atom stereocenters. The van der Waals surface area contributed by atoms with Crippen LogP contribution >= 0.6 is 0 Å². The molecule has 5 nitrogen and oxygen atoms in total. The number of aryl methyl sites for hydroxylation is 1. The van der Waals surface area contributed by atoms with Crippen LogP contribution in [0.5, 0.6) is 23.0 Å². The van der Waals surface area contributed by atoms with Crippen LogP contribution < -0.4 is 18.9 Å². The summed E-state index contributed by atoms with van der Waals surface area (Å²) < 4.78 is 23.0. The topological polar surface area (TPSA) is 54.0 Å². The molecule has 1 unspecified atom stereocenters. The Kier molecular flexibility index (Phi) is 5.89. The van der Waals surface area contributed by atoms with Crippen molar-refractivity contribution in [3.05, 3.63) is 83.4 Å². The second kappa shape index (κ2) is 8.91. The van der Waals surface area contributed by atoms with Crippen molar-refractivity contribution in [1.29, 1.82) is 0 Å². The molecule has 0 bridgehead atoms. The van der Waals surface area contributed by atoms with Crippen LogP contribution in [0.15, 0.2) is 66.7 Å². The van der Waals surface area contributed by atoms with Crippen LogP contribution in [0.3, 0.4) is 0 Å². The fourth-order valence-electron chi connectivity index (χ4n) is 3.59. The van der Waals surface area contributed by atoms with Crippen molar-refractivity contribution in [2.24, 2.45) is 0 Å². The first-order valence-electron chi connectivity index (χ1n) is 9.95. The summed E-state index contributed by atoms with van der Waals surface area (Å²) in [5, 5.41) is 0. The van der Waals surface area contributed by atoms with Crippen LogP contribution in [0, 0.1) is 0 Å². The monoisotopic (exact) mass is 404 g/mol. The van der Waals surface area contributed by atoms with E-state index in [1.165, 1.54) is 6.92 Å². The lowest BCUT2D eigenvalue weighted by molar-refractivity contribution is -0.131. The molecule has 0 N–H and O–H groups in total. The van der Waals surface area contributed by atoms with Crippen LogP contribution in [0.4, 0.5) is 0 Å². The zero-order chi connectivity index (χ0) is 20.9. The number of hydrogen-bond acceptors (Lipinski definition) is 5. The number of esters is 1. The highest BCUT2D eigenvalue weighted by atomic mass is 16.5. The molecule has 4 rings (SSSR count). The molecule has 1 aliphatic rings. The van der Waals surface area contributed by atoms with Gasteiger partial charge in [0.25, 0.3) is 0 Å². The van der Waals surface area contributed by atoms with E-state index in [4.69, 9.17) is 18.9 Å². The zero-order valence-electron chi connectivity index (χ0n) is 17.1. The Morgan fingerprint density at radius 1 is 1.03 bits per heavy atom. The average molecular weight is 404 g/mol. The van der Waals surface area contributed by atoms with E-state index in [1.807, 2.05) is 54.6 Å². The molecular weight excluding hydrogens is 380 g/mol. The van der Waals surface area contributed by atoms with Gasteiger partial charge in [0.05, 0.1) is 7.11 Å². The van der Waals surface area contributed by atoms with E-state index in [0.717, 1.165) is 46.8 Å². The van der Waals surface area contributed by atoms with Crippen molar-refractivity contribution in [2.75, 3.05) is 7.11 Å². The molecule has 0 fully saturated rings. The number of carbonyl (C=O) groups excluding carboxylic acids is 1. The third kappa shape index (κ3) is 4.57. The van der Waals surface area contributed by atoms with Gasteiger partial charge in [0.15, 0.2) is 0 Å². The highest BCUT2D eigenvalue weighted by Crippen LogP contribution is 2.40. The second-order valence-electron chi connectivity index (χ2n) is 7.19. The molecule has 3 aromatic carbocycles. The van der Waals surface area contributed by atoms with Crippen LogP contribution in [0.2, 0.25) is 0 Å². The highest BCUT2D eigenvalue weighted by Gasteiger charge is 2.25. The number of benzene rings is 3. The summed E-state index contributed by atoms with van der Waals surface area (Å²) in [6, 6.07) is 21.4. The van der Waals surface area contributed by atoms with Gasteiger partial charge in [0.1, 0.15) is 35.7 Å². The number of rotatable bonds is 6. The Morgan fingerprint density at radius 2 is 1.83 bits per heavy atom. The minimum atomic E-state index is -0.352. The number of methoxy groups -OCH3 is 1. The van der Waals surface area contributed by atoms with Gasteiger partial charge in [-0.3, -0.25) is 4.79 Å². The molecule has 154 valence electrons. The van der Waals surface area contributed by atoms with Gasteiger partial charge in [-0.25, -0.2) is 0 Å². The van der Waals surface area contributed by atoms with E-state index in [1.54, 1.807) is 19.2 Å². The molecule has 0 saturated heterocycles. The fraction of sp³-hybridized carbons (Fsp3) is 0.240. The van der Waals surface area contributed by atoms with Gasteiger partial charge in [-0.15, -0.1) is 0 Å². The fourth-order valence-corrected chi connectivity index (χ4v) is 3.59. The third-order valence-corrected chi connectivity index (χ3v) is 5.05. The Morgan fingerprint density at radius 3 is 2.60 bits per heavy atom. The molecule has 0 amide bonds. The third-order valence-electron chi connectivity index (χ3n) is 5.05. The molecule has 0 aromatic heterocycles. The molecule has 0 aliphatic carbocycles. The second-order valence-corrected chi connectivity index (χ2v) is 7.19. The van der Waals surface area contributed by atoms with Gasteiger partial charge in [0, 0.05) is 24.6 Å². The smallest absolute Gasteiger partial charge is 0.308 e. The Hall–Kier alpha value is -3.47. The average Bonchev–Trinajstić information content (AvgIpc) is 2.77. The van der Waals surface area contributed by atoms with Crippen LogP contribution in [-0.4, -0.2) is 13.1 Å². The summed E-state index contributed by atoms with van der Waals surface area (Å²) in [4.78, 5) is 11.2. The van der Waals surface area contributed by atoms with Gasteiger partial charge in [0.2, 0.25) is 0 Å². The normalized spacial score (nSPS) is 14.9. The van der Waals surface area contributed by atoms with E-state index in [-0.39, 0.29) is 12.1 Å². The van der Waals surface area contributed by atoms with Crippen LogP contribution in [0.1, 0.15) is 36.1 Å². The maximum absolute atomic E-state index is 11.2. The van der Waals surface area contributed by atoms with Crippen LogP contribution in [-0.2, 0) is 17.8 Å². The molecule has 0 saturated carbocycles. The van der Waals surface area contributed by atoms with Crippen LogP contribution in [0.25, 0.3) is 0 Å². The molecule has 5 heteroatoms. The first-order valence-corrected chi connectivity index (χ1v) is 9.95. The first-order chi connectivity index (χ1) is 14.6. The van der Waals surface area contributed by atoms with E-state index >= 15 is 0 Å².